The molecule has 0 fully saturated rings. The zero-order valence-electron chi connectivity index (χ0n) is 31.9. The quantitative estimate of drug-likeness (QED) is 0.0765. The fraction of sp³-hybridized carbons (Fsp3) is 0.189. The third kappa shape index (κ3) is 12.4. The number of anilines is 2. The van der Waals surface area contributed by atoms with Crippen molar-refractivity contribution in [1.82, 2.24) is 29.1 Å². The Morgan fingerprint density at radius 2 is 1.15 bits per heavy atom. The summed E-state index contributed by atoms with van der Waals surface area (Å²) in [5.41, 5.74) is -1.28. The third-order valence-electron chi connectivity index (χ3n) is 8.16. The van der Waals surface area contributed by atoms with Crippen molar-refractivity contribution in [3.8, 4) is 11.4 Å². The average Bonchev–Trinajstić information content (AvgIpc) is 3.78. The second-order valence-electron chi connectivity index (χ2n) is 12.0. The standard InChI is InChI=1S/C18H14F4N4O.C11H11BrN4O.C7H5BF4O2.CH3I/c1-25(12-4-3-7-23-9-12)17(27)15-10-24-16(26(15)2)11-5-6-14(19)13(8-11)18(20,21)22;1-15(8-4-3-5-13-6-8)10(17)9-7-14-11(12)16(9)2;9-6-2-1-4(8(13)14)3-5(6)7(10,11)12;1-2/h3-10H,1-2H3;3-7H,1-2H3;1-3,13-14H;1H3. The molecule has 4 aromatic heterocycles. The number of alkyl halides is 7. The van der Waals surface area contributed by atoms with Crippen LogP contribution >= 0.6 is 38.5 Å². The van der Waals surface area contributed by atoms with Crippen LogP contribution in [0.4, 0.5) is 46.5 Å². The van der Waals surface area contributed by atoms with Crippen molar-refractivity contribution >= 4 is 74.3 Å². The van der Waals surface area contributed by atoms with Gasteiger partial charge in [-0.3, -0.25) is 19.6 Å². The summed E-state index contributed by atoms with van der Waals surface area (Å²) in [6.07, 6.45) is -0.479. The van der Waals surface area contributed by atoms with Crippen molar-refractivity contribution in [2.45, 2.75) is 12.4 Å². The number of nitrogens with zero attached hydrogens (tertiary/aromatic N) is 8. The van der Waals surface area contributed by atoms with Crippen LogP contribution in [0.15, 0.2) is 103 Å². The van der Waals surface area contributed by atoms with E-state index in [9.17, 15) is 44.7 Å². The molecule has 0 aliphatic heterocycles. The van der Waals surface area contributed by atoms with Gasteiger partial charge in [0.15, 0.2) is 4.73 Å². The van der Waals surface area contributed by atoms with E-state index in [0.29, 0.717) is 34.3 Å². The topological polar surface area (TPSA) is 142 Å². The Kier molecular flexibility index (Phi) is 17.4. The summed E-state index contributed by atoms with van der Waals surface area (Å²) in [6, 6.07) is 11.4. The van der Waals surface area contributed by atoms with Gasteiger partial charge >= 0.3 is 19.5 Å². The number of halogens is 10. The molecule has 23 heteroatoms. The fourth-order valence-corrected chi connectivity index (χ4v) is 5.24. The van der Waals surface area contributed by atoms with Crippen LogP contribution in [0.2, 0.25) is 0 Å². The predicted octanol–water partition coefficient (Wildman–Crippen LogP) is 7.35. The van der Waals surface area contributed by atoms with E-state index in [1.165, 1.54) is 39.9 Å². The largest absolute Gasteiger partial charge is 0.488 e. The van der Waals surface area contributed by atoms with Crippen LogP contribution in [0.1, 0.15) is 32.1 Å². The van der Waals surface area contributed by atoms with Crippen molar-refractivity contribution in [2.24, 2.45) is 14.1 Å². The monoisotopic (exact) mass is 1020 g/mol. The molecule has 0 spiro atoms. The van der Waals surface area contributed by atoms with Gasteiger partial charge in [-0.2, -0.15) is 26.3 Å². The van der Waals surface area contributed by atoms with Gasteiger partial charge in [-0.05, 0) is 80.9 Å². The van der Waals surface area contributed by atoms with Crippen LogP contribution in [-0.4, -0.2) is 77.1 Å². The van der Waals surface area contributed by atoms with Gasteiger partial charge in [-0.25, -0.2) is 18.7 Å². The number of amides is 2. The Morgan fingerprint density at radius 1 is 0.700 bits per heavy atom. The molecule has 0 atom stereocenters. The van der Waals surface area contributed by atoms with Crippen LogP contribution in [-0.2, 0) is 26.4 Å². The molecule has 12 nitrogen and oxygen atoms in total. The van der Waals surface area contributed by atoms with E-state index in [4.69, 9.17) is 10.0 Å². The minimum Gasteiger partial charge on any atom is -0.423 e. The van der Waals surface area contributed by atoms with E-state index in [-0.39, 0.29) is 23.0 Å². The Bertz CT molecular complexity index is 2370. The molecule has 2 aromatic carbocycles. The highest BCUT2D eigenvalue weighted by molar-refractivity contribution is 14.1. The van der Waals surface area contributed by atoms with Gasteiger partial charge < -0.3 is 29.0 Å². The molecular formula is C37H33BBrF8IN8O4. The summed E-state index contributed by atoms with van der Waals surface area (Å²) in [5.74, 6) is -3.24. The molecule has 6 aromatic rings. The summed E-state index contributed by atoms with van der Waals surface area (Å²) in [6.45, 7) is 0. The number of benzene rings is 2. The SMILES string of the molecule is CI.CN(C(=O)c1cnc(-c2ccc(F)c(C(F)(F)F)c2)n1C)c1cccnc1.CN(C(=O)c1cnc(Br)n1C)c1cccnc1.OB(O)c1ccc(F)c(C(F)(F)F)c1. The van der Waals surface area contributed by atoms with Crippen LogP contribution in [0.25, 0.3) is 11.4 Å². The molecule has 0 radical (unpaired) electrons. The Hall–Kier alpha value is -5.27. The molecule has 6 rings (SSSR count). The summed E-state index contributed by atoms with van der Waals surface area (Å²) in [7, 11) is 4.49. The van der Waals surface area contributed by atoms with Gasteiger partial charge in [0.25, 0.3) is 11.8 Å². The Labute approximate surface area is 360 Å². The van der Waals surface area contributed by atoms with Crippen LogP contribution in [0, 0.1) is 11.6 Å². The first-order chi connectivity index (χ1) is 28.1. The molecule has 4 heterocycles. The predicted molar refractivity (Wildman–Crippen MR) is 220 cm³/mol. The number of pyridine rings is 2. The number of imidazole rings is 2. The number of hydrogen-bond donors (Lipinski definition) is 2. The van der Waals surface area contributed by atoms with Gasteiger partial charge in [-0.15, -0.1) is 0 Å². The molecule has 0 saturated heterocycles. The normalized spacial score (nSPS) is 10.9. The molecule has 0 saturated carbocycles. The highest BCUT2D eigenvalue weighted by Crippen LogP contribution is 2.34. The van der Waals surface area contributed by atoms with E-state index in [0.717, 1.165) is 17.8 Å². The smallest absolute Gasteiger partial charge is 0.423 e. The first kappa shape index (κ1) is 49.1. The number of rotatable bonds is 6. The Morgan fingerprint density at radius 3 is 1.57 bits per heavy atom. The van der Waals surface area contributed by atoms with Crippen molar-refractivity contribution in [2.75, 3.05) is 28.8 Å². The fourth-order valence-electron chi connectivity index (χ4n) is 4.95. The van der Waals surface area contributed by atoms with Crippen molar-refractivity contribution in [3.63, 3.8) is 0 Å². The van der Waals surface area contributed by atoms with Gasteiger partial charge in [-0.1, -0.05) is 28.7 Å². The number of aromatic nitrogens is 6. The summed E-state index contributed by atoms with van der Waals surface area (Å²) in [4.78, 5) is 45.7. The molecule has 318 valence electrons. The minimum atomic E-state index is -4.84. The molecule has 2 N–H and O–H groups in total. The average molecular weight is 1020 g/mol. The number of carbonyl (C=O) groups is 2. The van der Waals surface area contributed by atoms with Crippen LogP contribution in [0.5, 0.6) is 0 Å². The first-order valence-corrected chi connectivity index (χ1v) is 19.6. The lowest BCUT2D eigenvalue weighted by Gasteiger charge is -2.17. The maximum atomic E-state index is 13.5. The molecular weight excluding hydrogens is 990 g/mol. The second-order valence-corrected chi connectivity index (χ2v) is 12.7. The van der Waals surface area contributed by atoms with Gasteiger partial charge in [0.1, 0.15) is 28.8 Å². The summed E-state index contributed by atoms with van der Waals surface area (Å²) < 4.78 is 105. The lowest BCUT2D eigenvalue weighted by atomic mass is 9.79. The molecule has 0 aliphatic carbocycles. The molecule has 0 bridgehead atoms. The zero-order chi connectivity index (χ0) is 45.1. The highest BCUT2D eigenvalue weighted by atomic mass is 127. The highest BCUT2D eigenvalue weighted by Gasteiger charge is 2.36. The molecule has 0 unspecified atom stereocenters. The third-order valence-corrected chi connectivity index (χ3v) is 8.89. The van der Waals surface area contributed by atoms with Crippen LogP contribution < -0.4 is 15.3 Å². The van der Waals surface area contributed by atoms with Crippen molar-refractivity contribution < 1.29 is 54.8 Å². The van der Waals surface area contributed by atoms with Crippen molar-refractivity contribution in [3.05, 3.63) is 137 Å². The first-order valence-electron chi connectivity index (χ1n) is 16.7. The number of carbonyl (C=O) groups excluding carboxylic acids is 2. The lowest BCUT2D eigenvalue weighted by Crippen LogP contribution is -2.31. The van der Waals surface area contributed by atoms with Crippen molar-refractivity contribution in [1.29, 1.82) is 0 Å². The number of hydrogen-bond acceptors (Lipinski definition) is 8. The van der Waals surface area contributed by atoms with E-state index >= 15 is 0 Å². The van der Waals surface area contributed by atoms with E-state index in [2.05, 4.69) is 58.5 Å². The van der Waals surface area contributed by atoms with Gasteiger partial charge in [0.2, 0.25) is 0 Å². The maximum Gasteiger partial charge on any atom is 0.488 e. The molecule has 0 aliphatic rings. The summed E-state index contributed by atoms with van der Waals surface area (Å²) in [5, 5.41) is 17.1. The minimum absolute atomic E-state index is 0.0503. The van der Waals surface area contributed by atoms with E-state index in [1.807, 2.05) is 11.0 Å². The van der Waals surface area contributed by atoms with E-state index in [1.54, 1.807) is 68.7 Å². The molecule has 2 amide bonds. The zero-order valence-corrected chi connectivity index (χ0v) is 35.6. The molecule has 60 heavy (non-hydrogen) atoms. The Balaban J connectivity index is 0.000000251. The lowest BCUT2D eigenvalue weighted by molar-refractivity contribution is -0.140. The van der Waals surface area contributed by atoms with Gasteiger partial charge in [0, 0.05) is 46.1 Å². The second kappa shape index (κ2) is 21.3. The van der Waals surface area contributed by atoms with Gasteiger partial charge in [0.05, 0.1) is 47.3 Å². The summed E-state index contributed by atoms with van der Waals surface area (Å²) >= 11 is 5.41. The van der Waals surface area contributed by atoms with E-state index < -0.39 is 53.6 Å². The van der Waals surface area contributed by atoms with Crippen LogP contribution in [0.3, 0.4) is 0 Å². The maximum absolute atomic E-state index is 13.5.